The molecule has 0 amide bonds. The molecule has 2 N–H and O–H groups in total. The van der Waals surface area contributed by atoms with Crippen molar-refractivity contribution < 1.29 is 4.52 Å². The van der Waals surface area contributed by atoms with Gasteiger partial charge in [-0.05, 0) is 13.8 Å². The highest BCUT2D eigenvalue weighted by molar-refractivity contribution is 7.15. The van der Waals surface area contributed by atoms with Gasteiger partial charge in [0.15, 0.2) is 0 Å². The van der Waals surface area contributed by atoms with Gasteiger partial charge in [-0.1, -0.05) is 5.16 Å². The van der Waals surface area contributed by atoms with Crippen LogP contribution >= 0.6 is 11.3 Å². The molecule has 2 rings (SSSR count). The molecule has 0 saturated heterocycles. The molecule has 0 aliphatic heterocycles. The predicted molar refractivity (Wildman–Crippen MR) is 51.5 cm³/mol. The van der Waals surface area contributed by atoms with Crippen molar-refractivity contribution in [3.63, 3.8) is 0 Å². The number of aryl methyl sites for hydroxylation is 1. The largest absolute Gasteiger partial charge is 0.367 e. The van der Waals surface area contributed by atoms with Crippen LogP contribution < -0.4 is 5.73 Å². The van der Waals surface area contributed by atoms with Gasteiger partial charge < -0.3 is 10.3 Å². The molecule has 4 nitrogen and oxygen atoms in total. The SMILES string of the molecule is Cc1ncc(-c2noc(N)c2C)s1. The van der Waals surface area contributed by atoms with E-state index in [-0.39, 0.29) is 0 Å². The fourth-order valence-electron chi connectivity index (χ4n) is 1.05. The highest BCUT2D eigenvalue weighted by Crippen LogP contribution is 2.29. The van der Waals surface area contributed by atoms with E-state index in [1.807, 2.05) is 13.8 Å². The Morgan fingerprint density at radius 3 is 2.69 bits per heavy atom. The molecule has 2 aromatic rings. The van der Waals surface area contributed by atoms with Gasteiger partial charge in [-0.2, -0.15) is 0 Å². The van der Waals surface area contributed by atoms with Crippen molar-refractivity contribution in [2.24, 2.45) is 0 Å². The van der Waals surface area contributed by atoms with Gasteiger partial charge in [-0.15, -0.1) is 11.3 Å². The Kier molecular flexibility index (Phi) is 1.81. The normalized spacial score (nSPS) is 10.6. The fraction of sp³-hybridized carbons (Fsp3) is 0.250. The third kappa shape index (κ3) is 1.31. The van der Waals surface area contributed by atoms with E-state index in [1.54, 1.807) is 17.5 Å². The summed E-state index contributed by atoms with van der Waals surface area (Å²) in [4.78, 5) is 5.14. The molecule has 2 heterocycles. The molecule has 0 aliphatic carbocycles. The second-order valence-corrected chi connectivity index (χ2v) is 4.00. The molecular formula is C8H9N3OS. The summed E-state index contributed by atoms with van der Waals surface area (Å²) in [6.07, 6.45) is 1.78. The smallest absolute Gasteiger partial charge is 0.225 e. The monoisotopic (exact) mass is 195 g/mol. The van der Waals surface area contributed by atoms with E-state index in [9.17, 15) is 0 Å². The molecule has 0 aromatic carbocycles. The minimum absolute atomic E-state index is 0.376. The number of thiazole rings is 1. The third-order valence-corrected chi connectivity index (χ3v) is 2.73. The molecule has 0 spiro atoms. The second-order valence-electron chi connectivity index (χ2n) is 2.76. The van der Waals surface area contributed by atoms with Crippen LogP contribution in [0.5, 0.6) is 0 Å². The summed E-state index contributed by atoms with van der Waals surface area (Å²) in [5, 5.41) is 4.88. The van der Waals surface area contributed by atoms with Crippen molar-refractivity contribution in [1.29, 1.82) is 0 Å². The van der Waals surface area contributed by atoms with E-state index in [0.29, 0.717) is 5.88 Å². The molecule has 0 fully saturated rings. The number of nitrogens with zero attached hydrogens (tertiary/aromatic N) is 2. The van der Waals surface area contributed by atoms with Crippen molar-refractivity contribution >= 4 is 17.2 Å². The van der Waals surface area contributed by atoms with Gasteiger partial charge in [0.05, 0.1) is 9.88 Å². The van der Waals surface area contributed by atoms with Crippen LogP contribution in [0.1, 0.15) is 10.6 Å². The molecule has 0 saturated carbocycles. The first-order valence-corrected chi connectivity index (χ1v) is 4.64. The molecule has 2 aromatic heterocycles. The maximum Gasteiger partial charge on any atom is 0.225 e. The Balaban J connectivity index is 2.52. The third-order valence-electron chi connectivity index (χ3n) is 1.81. The number of anilines is 1. The molecule has 0 bridgehead atoms. The zero-order valence-corrected chi connectivity index (χ0v) is 8.18. The zero-order chi connectivity index (χ0) is 9.42. The lowest BCUT2D eigenvalue weighted by Crippen LogP contribution is -1.83. The van der Waals surface area contributed by atoms with Gasteiger partial charge in [0.1, 0.15) is 5.69 Å². The van der Waals surface area contributed by atoms with E-state index in [0.717, 1.165) is 21.1 Å². The fourth-order valence-corrected chi connectivity index (χ4v) is 1.87. The Hall–Kier alpha value is -1.36. The lowest BCUT2D eigenvalue weighted by atomic mass is 10.2. The van der Waals surface area contributed by atoms with E-state index < -0.39 is 0 Å². The van der Waals surface area contributed by atoms with Crippen molar-refractivity contribution in [3.8, 4) is 10.6 Å². The minimum Gasteiger partial charge on any atom is -0.367 e. The van der Waals surface area contributed by atoms with Crippen LogP contribution in [0.2, 0.25) is 0 Å². The highest BCUT2D eigenvalue weighted by atomic mass is 32.1. The molecule has 13 heavy (non-hydrogen) atoms. The first kappa shape index (κ1) is 8.25. The van der Waals surface area contributed by atoms with E-state index >= 15 is 0 Å². The van der Waals surface area contributed by atoms with E-state index in [1.165, 1.54) is 0 Å². The topological polar surface area (TPSA) is 64.9 Å². The maximum absolute atomic E-state index is 5.54. The Bertz CT molecular complexity index is 432. The number of aromatic nitrogens is 2. The lowest BCUT2D eigenvalue weighted by Gasteiger charge is -1.88. The summed E-state index contributed by atoms with van der Waals surface area (Å²) in [5.41, 5.74) is 7.21. The van der Waals surface area contributed by atoms with Gasteiger partial charge in [0.25, 0.3) is 0 Å². The lowest BCUT2D eigenvalue weighted by molar-refractivity contribution is 0.439. The number of hydrogen-bond donors (Lipinski definition) is 1. The molecule has 0 radical (unpaired) electrons. The van der Waals surface area contributed by atoms with Gasteiger partial charge in [-0.3, -0.25) is 0 Å². The standard InChI is InChI=1S/C8H9N3OS/c1-4-7(11-12-8(4)9)6-3-10-5(2)13-6/h3H,9H2,1-2H3. The van der Waals surface area contributed by atoms with E-state index in [2.05, 4.69) is 10.1 Å². The van der Waals surface area contributed by atoms with Crippen molar-refractivity contribution in [2.75, 3.05) is 5.73 Å². The van der Waals surface area contributed by atoms with Crippen LogP contribution in [-0.4, -0.2) is 10.1 Å². The van der Waals surface area contributed by atoms with Crippen LogP contribution in [0.4, 0.5) is 5.88 Å². The van der Waals surface area contributed by atoms with E-state index in [4.69, 9.17) is 10.3 Å². The maximum atomic E-state index is 5.54. The molecule has 68 valence electrons. The van der Waals surface area contributed by atoms with Gasteiger partial charge in [0.2, 0.25) is 5.88 Å². The van der Waals surface area contributed by atoms with Crippen molar-refractivity contribution in [3.05, 3.63) is 16.8 Å². The van der Waals surface area contributed by atoms with Crippen LogP contribution in [0.15, 0.2) is 10.7 Å². The quantitative estimate of drug-likeness (QED) is 0.755. The molecule has 5 heteroatoms. The minimum atomic E-state index is 0.376. The number of rotatable bonds is 1. The summed E-state index contributed by atoms with van der Waals surface area (Å²) in [6.45, 7) is 3.84. The zero-order valence-electron chi connectivity index (χ0n) is 7.37. The van der Waals surface area contributed by atoms with Crippen molar-refractivity contribution in [1.82, 2.24) is 10.1 Å². The number of nitrogens with two attached hydrogens (primary N) is 1. The molecule has 0 aliphatic rings. The first-order valence-electron chi connectivity index (χ1n) is 3.83. The summed E-state index contributed by atoms with van der Waals surface area (Å²) < 4.78 is 4.87. The summed E-state index contributed by atoms with van der Waals surface area (Å²) >= 11 is 1.58. The summed E-state index contributed by atoms with van der Waals surface area (Å²) in [7, 11) is 0. The van der Waals surface area contributed by atoms with Crippen LogP contribution in [0, 0.1) is 13.8 Å². The van der Waals surface area contributed by atoms with Gasteiger partial charge in [-0.25, -0.2) is 4.98 Å². The number of nitrogen functional groups attached to an aromatic ring is 1. The van der Waals surface area contributed by atoms with Crippen LogP contribution in [-0.2, 0) is 0 Å². The molecule has 0 atom stereocenters. The number of hydrogen-bond acceptors (Lipinski definition) is 5. The van der Waals surface area contributed by atoms with Gasteiger partial charge in [0, 0.05) is 11.8 Å². The molecule has 0 unspecified atom stereocenters. The Labute approximate surface area is 79.4 Å². The Morgan fingerprint density at radius 2 is 2.23 bits per heavy atom. The highest BCUT2D eigenvalue weighted by Gasteiger charge is 2.12. The van der Waals surface area contributed by atoms with Crippen LogP contribution in [0.3, 0.4) is 0 Å². The van der Waals surface area contributed by atoms with Crippen LogP contribution in [0.25, 0.3) is 10.6 Å². The summed E-state index contributed by atoms with van der Waals surface area (Å²) in [6, 6.07) is 0. The first-order chi connectivity index (χ1) is 6.18. The summed E-state index contributed by atoms with van der Waals surface area (Å²) in [5.74, 6) is 0.376. The Morgan fingerprint density at radius 1 is 1.46 bits per heavy atom. The molecular weight excluding hydrogens is 186 g/mol. The van der Waals surface area contributed by atoms with Crippen molar-refractivity contribution in [2.45, 2.75) is 13.8 Å². The predicted octanol–water partition coefficient (Wildman–Crippen LogP) is 2.00. The average Bonchev–Trinajstić information content (AvgIpc) is 2.62. The second kappa shape index (κ2) is 2.85. The average molecular weight is 195 g/mol. The van der Waals surface area contributed by atoms with Gasteiger partial charge >= 0.3 is 0 Å².